The van der Waals surface area contributed by atoms with Crippen molar-refractivity contribution in [2.24, 2.45) is 0 Å². The van der Waals surface area contributed by atoms with Gasteiger partial charge >= 0.3 is 5.97 Å². The van der Waals surface area contributed by atoms with Gasteiger partial charge in [0, 0.05) is 43.9 Å². The second-order valence-electron chi connectivity index (χ2n) is 10.6. The number of carbonyl (C=O) groups is 3. The van der Waals surface area contributed by atoms with Crippen molar-refractivity contribution in [1.82, 2.24) is 9.80 Å². The van der Waals surface area contributed by atoms with E-state index in [1.165, 1.54) is 16.7 Å². The minimum Gasteiger partial charge on any atom is -0.492 e. The molecule has 0 atom stereocenters. The lowest BCUT2D eigenvalue weighted by Crippen LogP contribution is -2.38. The van der Waals surface area contributed by atoms with Gasteiger partial charge < -0.3 is 19.9 Å². The van der Waals surface area contributed by atoms with Gasteiger partial charge in [-0.15, -0.1) is 0 Å². The van der Waals surface area contributed by atoms with E-state index in [0.29, 0.717) is 56.1 Å². The van der Waals surface area contributed by atoms with E-state index in [-0.39, 0.29) is 31.2 Å². The lowest BCUT2D eigenvalue weighted by molar-refractivity contribution is -0.136. The minimum atomic E-state index is -0.958. The van der Waals surface area contributed by atoms with E-state index in [9.17, 15) is 14.4 Å². The topological polar surface area (TPSA) is 108 Å². The predicted molar refractivity (Wildman–Crippen MR) is 186 cm³/mol. The molecule has 0 bridgehead atoms. The summed E-state index contributed by atoms with van der Waals surface area (Å²) in [4.78, 5) is 41.1. The predicted octanol–water partition coefficient (Wildman–Crippen LogP) is 6.23. The summed E-state index contributed by atoms with van der Waals surface area (Å²) in [5, 5.41) is 12.6. The Morgan fingerprint density at radius 3 is 2.61 bits per heavy atom. The molecule has 0 unspecified atom stereocenters. The monoisotopic (exact) mass is 699 g/mol. The number of halogens is 2. The third-order valence-electron chi connectivity index (χ3n) is 7.30. The number of thioether (sulfide) groups is 1. The summed E-state index contributed by atoms with van der Waals surface area (Å²) >= 11 is 19.2. The quantitative estimate of drug-likeness (QED) is 0.168. The van der Waals surface area contributed by atoms with Crippen LogP contribution >= 0.6 is 47.2 Å². The number of ether oxygens (including phenoxy) is 2. The number of thiocarbonyl (C=S) groups is 1. The number of nitrogens with zero attached hydrogens (tertiary/aromatic N) is 2. The lowest BCUT2D eigenvalue weighted by atomic mass is 10.0. The average Bonchev–Trinajstić information content (AvgIpc) is 3.29. The van der Waals surface area contributed by atoms with Gasteiger partial charge in [-0.05, 0) is 59.2 Å². The van der Waals surface area contributed by atoms with Crippen molar-refractivity contribution >= 4 is 81.0 Å². The highest BCUT2D eigenvalue weighted by Gasteiger charge is 2.32. The number of carbonyl (C=O) groups excluding carboxylic acids is 2. The number of benzene rings is 3. The van der Waals surface area contributed by atoms with Crippen LogP contribution in [0.4, 0.5) is 5.69 Å². The summed E-state index contributed by atoms with van der Waals surface area (Å²) in [6, 6.07) is 17.7. The number of aliphatic carboxylic acids is 1. The third kappa shape index (κ3) is 9.09. The molecule has 0 radical (unpaired) electrons. The van der Waals surface area contributed by atoms with Gasteiger partial charge in [0.2, 0.25) is 5.91 Å². The summed E-state index contributed by atoms with van der Waals surface area (Å²) in [6.45, 7) is 4.53. The molecule has 2 N–H and O–H groups in total. The number of rotatable bonds is 12. The van der Waals surface area contributed by atoms with Gasteiger partial charge in [-0.25, -0.2) is 0 Å². The number of morpholine rings is 1. The van der Waals surface area contributed by atoms with Crippen LogP contribution in [0.5, 0.6) is 5.75 Å². The highest BCUT2D eigenvalue weighted by atomic mass is 35.5. The molecule has 3 aromatic rings. The number of hydrogen-bond donors (Lipinski definition) is 2. The van der Waals surface area contributed by atoms with E-state index in [2.05, 4.69) is 10.2 Å². The zero-order valence-corrected chi connectivity index (χ0v) is 27.8. The van der Waals surface area contributed by atoms with Crippen LogP contribution in [-0.2, 0) is 25.5 Å². The molecule has 2 amide bonds. The molecule has 2 aliphatic rings. The molecule has 240 valence electrons. The number of nitrogens with one attached hydrogen (secondary N) is 1. The van der Waals surface area contributed by atoms with Crippen molar-refractivity contribution in [2.45, 2.75) is 12.8 Å². The van der Waals surface area contributed by atoms with Gasteiger partial charge in [0.25, 0.3) is 5.91 Å². The number of carboxylic acid groups (broad SMARTS) is 1. The van der Waals surface area contributed by atoms with Crippen LogP contribution < -0.4 is 10.1 Å². The van der Waals surface area contributed by atoms with Crippen molar-refractivity contribution in [1.29, 1.82) is 0 Å². The fourth-order valence-corrected chi connectivity index (χ4v) is 6.58. The van der Waals surface area contributed by atoms with Gasteiger partial charge in [0.1, 0.15) is 16.7 Å². The third-order valence-corrected chi connectivity index (χ3v) is 9.42. The molecule has 9 nitrogen and oxygen atoms in total. The largest absolute Gasteiger partial charge is 0.492 e. The van der Waals surface area contributed by atoms with E-state index in [4.69, 9.17) is 50.0 Å². The fraction of sp³-hybridized carbons (Fsp3) is 0.273. The number of amides is 2. The van der Waals surface area contributed by atoms with Gasteiger partial charge in [-0.3, -0.25) is 24.2 Å². The van der Waals surface area contributed by atoms with Crippen LogP contribution in [0.25, 0.3) is 17.2 Å². The first kappa shape index (κ1) is 33.9. The van der Waals surface area contributed by atoms with Crippen molar-refractivity contribution in [3.05, 3.63) is 86.7 Å². The average molecular weight is 701 g/mol. The van der Waals surface area contributed by atoms with E-state index in [1.807, 2.05) is 24.3 Å². The Morgan fingerprint density at radius 1 is 1.04 bits per heavy atom. The zero-order valence-electron chi connectivity index (χ0n) is 24.7. The van der Waals surface area contributed by atoms with Crippen molar-refractivity contribution in [3.63, 3.8) is 0 Å². The summed E-state index contributed by atoms with van der Waals surface area (Å²) in [5.41, 5.74) is 3.44. The van der Waals surface area contributed by atoms with Crippen LogP contribution in [0.2, 0.25) is 10.0 Å². The van der Waals surface area contributed by atoms with Crippen molar-refractivity contribution < 1.29 is 29.0 Å². The zero-order chi connectivity index (χ0) is 32.6. The Labute approximate surface area is 286 Å². The van der Waals surface area contributed by atoms with Gasteiger partial charge in [0.05, 0.1) is 34.6 Å². The van der Waals surface area contributed by atoms with E-state index >= 15 is 0 Å². The molecule has 2 aliphatic heterocycles. The maximum absolute atomic E-state index is 13.3. The van der Waals surface area contributed by atoms with E-state index < -0.39 is 5.97 Å². The number of anilines is 1. The molecular formula is C33H31Cl2N3O6S2. The SMILES string of the molecule is O=C(O)Cc1cccc(NC(=O)CCN2C(=O)C(=Cc3ccc(OCCN4CCOCC4)c(-c4ccc(Cl)c(Cl)c4)c3)SC2=S)c1. The molecule has 2 fully saturated rings. The molecule has 0 aliphatic carbocycles. The van der Waals surface area contributed by atoms with Gasteiger partial charge in [-0.1, -0.05) is 71.4 Å². The molecule has 2 heterocycles. The van der Waals surface area contributed by atoms with Gasteiger partial charge in [-0.2, -0.15) is 0 Å². The Kier molecular flexibility index (Phi) is 11.7. The molecule has 0 aromatic heterocycles. The van der Waals surface area contributed by atoms with E-state index in [0.717, 1.165) is 36.3 Å². The van der Waals surface area contributed by atoms with Crippen molar-refractivity contribution in [3.8, 4) is 16.9 Å². The lowest BCUT2D eigenvalue weighted by Gasteiger charge is -2.26. The van der Waals surface area contributed by atoms with Crippen LogP contribution in [0.3, 0.4) is 0 Å². The summed E-state index contributed by atoms with van der Waals surface area (Å²) in [7, 11) is 0. The highest BCUT2D eigenvalue weighted by molar-refractivity contribution is 8.26. The molecular weight excluding hydrogens is 669 g/mol. The maximum atomic E-state index is 13.3. The van der Waals surface area contributed by atoms with Crippen LogP contribution in [0, 0.1) is 0 Å². The van der Waals surface area contributed by atoms with Crippen LogP contribution in [0.15, 0.2) is 65.6 Å². The van der Waals surface area contributed by atoms with E-state index in [1.54, 1.807) is 42.5 Å². The first-order valence-electron chi connectivity index (χ1n) is 14.5. The second kappa shape index (κ2) is 15.9. The Morgan fingerprint density at radius 2 is 1.85 bits per heavy atom. The molecule has 46 heavy (non-hydrogen) atoms. The Hall–Kier alpha value is -3.45. The molecule has 0 spiro atoms. The number of carboxylic acids is 1. The fourth-order valence-electron chi connectivity index (χ4n) is 4.98. The van der Waals surface area contributed by atoms with Crippen LogP contribution in [0.1, 0.15) is 17.5 Å². The first-order chi connectivity index (χ1) is 22.2. The van der Waals surface area contributed by atoms with Crippen LogP contribution in [-0.4, -0.2) is 83.0 Å². The molecule has 2 saturated heterocycles. The second-order valence-corrected chi connectivity index (χ2v) is 13.1. The molecule has 13 heteroatoms. The highest BCUT2D eigenvalue weighted by Crippen LogP contribution is 2.37. The summed E-state index contributed by atoms with van der Waals surface area (Å²) < 4.78 is 12.0. The standard InChI is InChI=1S/C33H31Cl2N3O6S2/c34-26-6-5-23(20-27(26)35)25-17-22(4-7-28(25)44-15-12-37-10-13-43-14-11-37)18-29-32(42)38(33(45)46-29)9-8-30(39)36-24-3-1-2-21(16-24)19-31(40)41/h1-7,16-18,20H,8-15,19H2,(H,36,39)(H,40,41). The van der Waals surface area contributed by atoms with Gasteiger partial charge in [0.15, 0.2) is 0 Å². The molecule has 0 saturated carbocycles. The summed E-state index contributed by atoms with van der Waals surface area (Å²) in [6.07, 6.45) is 1.64. The Bertz CT molecular complexity index is 1680. The Balaban J connectivity index is 1.27. The smallest absolute Gasteiger partial charge is 0.307 e. The summed E-state index contributed by atoms with van der Waals surface area (Å²) in [5.74, 6) is -0.884. The first-order valence-corrected chi connectivity index (χ1v) is 16.5. The molecule has 5 rings (SSSR count). The van der Waals surface area contributed by atoms with Crippen molar-refractivity contribution in [2.75, 3.05) is 51.3 Å². The molecule has 3 aromatic carbocycles. The normalized spacial score (nSPS) is 16.2. The minimum absolute atomic E-state index is 0.0147. The maximum Gasteiger partial charge on any atom is 0.307 e. The number of hydrogen-bond acceptors (Lipinski definition) is 8.